The Kier molecular flexibility index (Phi) is 8.75. The van der Waals surface area contributed by atoms with E-state index in [2.05, 4.69) is 4.90 Å². The van der Waals surface area contributed by atoms with Gasteiger partial charge in [-0.2, -0.15) is 4.31 Å². The molecule has 0 bridgehead atoms. The predicted octanol–water partition coefficient (Wildman–Crippen LogP) is 4.66. The van der Waals surface area contributed by atoms with Gasteiger partial charge in [0, 0.05) is 66.2 Å². The van der Waals surface area contributed by atoms with Crippen LogP contribution in [0.3, 0.4) is 0 Å². The van der Waals surface area contributed by atoms with Crippen LogP contribution < -0.4 is 4.74 Å². The Labute approximate surface area is 227 Å². The Morgan fingerprint density at radius 3 is 2.22 bits per heavy atom. The Morgan fingerprint density at radius 1 is 0.944 bits per heavy atom. The summed E-state index contributed by atoms with van der Waals surface area (Å²) in [4.78, 5) is 17.5. The van der Waals surface area contributed by atoms with Crippen molar-refractivity contribution in [1.29, 1.82) is 0 Å². The molecular weight excluding hydrogens is 545 g/mol. The van der Waals surface area contributed by atoms with Crippen molar-refractivity contribution >= 4 is 50.7 Å². The van der Waals surface area contributed by atoms with Gasteiger partial charge in [0.15, 0.2) is 0 Å². The number of halogens is 3. The summed E-state index contributed by atoms with van der Waals surface area (Å²) in [7, 11) is -1.84. The molecule has 0 unspecified atom stereocenters. The lowest BCUT2D eigenvalue weighted by atomic mass is 9.78. The van der Waals surface area contributed by atoms with Crippen molar-refractivity contribution in [3.63, 3.8) is 0 Å². The van der Waals surface area contributed by atoms with Crippen molar-refractivity contribution in [2.24, 2.45) is 5.41 Å². The maximum Gasteiger partial charge on any atom is 0.243 e. The van der Waals surface area contributed by atoms with Crippen molar-refractivity contribution in [3.8, 4) is 5.75 Å². The highest BCUT2D eigenvalue weighted by molar-refractivity contribution is 7.89. The van der Waals surface area contributed by atoms with Crippen LogP contribution in [0.4, 0.5) is 0 Å². The molecule has 2 aliphatic rings. The van der Waals surface area contributed by atoms with Gasteiger partial charge in [0.25, 0.3) is 0 Å². The number of carbonyl (C=O) groups excluding carboxylic acids is 1. The lowest BCUT2D eigenvalue weighted by Crippen LogP contribution is -2.53. The van der Waals surface area contributed by atoms with Crippen molar-refractivity contribution in [2.75, 3.05) is 52.9 Å². The summed E-state index contributed by atoms with van der Waals surface area (Å²) in [6.45, 7) is 3.66. The highest BCUT2D eigenvalue weighted by Crippen LogP contribution is 2.38. The van der Waals surface area contributed by atoms with Gasteiger partial charge in [0.1, 0.15) is 5.75 Å². The zero-order valence-corrected chi connectivity index (χ0v) is 23.2. The minimum absolute atomic E-state index is 0.0212. The number of hydrogen-bond acceptors (Lipinski definition) is 5. The van der Waals surface area contributed by atoms with E-state index in [1.807, 2.05) is 11.9 Å². The minimum atomic E-state index is -3.87. The summed E-state index contributed by atoms with van der Waals surface area (Å²) < 4.78 is 34.7. The third kappa shape index (κ3) is 6.65. The van der Waals surface area contributed by atoms with E-state index in [1.165, 1.54) is 22.5 Å². The van der Waals surface area contributed by atoms with Gasteiger partial charge in [-0.05, 0) is 62.4 Å². The molecule has 0 aliphatic carbocycles. The van der Waals surface area contributed by atoms with Crippen LogP contribution in [0.15, 0.2) is 47.4 Å². The largest absolute Gasteiger partial charge is 0.493 e. The summed E-state index contributed by atoms with van der Waals surface area (Å²) in [6.07, 6.45) is 1.47. The van der Waals surface area contributed by atoms with Crippen LogP contribution in [0, 0.1) is 5.41 Å². The molecule has 2 heterocycles. The summed E-state index contributed by atoms with van der Waals surface area (Å²) in [5.41, 5.74) is -0.687. The van der Waals surface area contributed by atoms with E-state index in [1.54, 1.807) is 24.3 Å². The average molecular weight is 575 g/mol. The normalized spacial score (nSPS) is 21.9. The van der Waals surface area contributed by atoms with E-state index in [0.717, 1.165) is 13.1 Å². The van der Waals surface area contributed by atoms with Crippen LogP contribution in [-0.2, 0) is 14.8 Å². The lowest BCUT2D eigenvalue weighted by Gasteiger charge is -2.43. The molecule has 11 heteroatoms. The molecule has 2 fully saturated rings. The molecule has 0 radical (unpaired) electrons. The maximum atomic E-state index is 13.6. The first-order valence-corrected chi connectivity index (χ1v) is 14.4. The number of piperidine rings is 1. The summed E-state index contributed by atoms with van der Waals surface area (Å²) in [5.74, 6) is 0.639. The van der Waals surface area contributed by atoms with Crippen LogP contribution in [0.5, 0.6) is 5.75 Å². The Hall–Kier alpha value is -1.55. The second-order valence-electron chi connectivity index (χ2n) is 9.65. The van der Waals surface area contributed by atoms with Crippen molar-refractivity contribution < 1.29 is 17.9 Å². The molecule has 2 saturated heterocycles. The van der Waals surface area contributed by atoms with E-state index >= 15 is 0 Å². The van der Waals surface area contributed by atoms with Gasteiger partial charge in [-0.3, -0.25) is 4.79 Å². The van der Waals surface area contributed by atoms with Gasteiger partial charge in [-0.15, -0.1) is 0 Å². The van der Waals surface area contributed by atoms with Gasteiger partial charge < -0.3 is 14.5 Å². The molecule has 36 heavy (non-hydrogen) atoms. The first kappa shape index (κ1) is 27.5. The molecule has 0 N–H and O–H groups in total. The van der Waals surface area contributed by atoms with Gasteiger partial charge in [-0.25, -0.2) is 8.42 Å². The van der Waals surface area contributed by atoms with Gasteiger partial charge in [0.2, 0.25) is 15.9 Å². The SMILES string of the molecule is CN1CCN(C(=O)C[C@@]2(COc3ccc(Cl)cc3)CCCN(S(=O)(=O)c3cc(Cl)cc(Cl)c3)C2)CC1. The number of piperazine rings is 1. The molecular formula is C25H30Cl3N3O4S. The molecule has 4 rings (SSSR count). The average Bonchev–Trinajstić information content (AvgIpc) is 2.83. The number of benzene rings is 2. The third-order valence-corrected chi connectivity index (χ3v) is 9.35. The smallest absolute Gasteiger partial charge is 0.243 e. The van der Waals surface area contributed by atoms with Gasteiger partial charge >= 0.3 is 0 Å². The Balaban J connectivity index is 1.58. The van der Waals surface area contributed by atoms with E-state index in [0.29, 0.717) is 43.2 Å². The monoisotopic (exact) mass is 573 g/mol. The van der Waals surface area contributed by atoms with Crippen molar-refractivity contribution in [2.45, 2.75) is 24.2 Å². The molecule has 2 aliphatic heterocycles. The maximum absolute atomic E-state index is 13.6. The summed E-state index contributed by atoms with van der Waals surface area (Å²) >= 11 is 18.2. The lowest BCUT2D eigenvalue weighted by molar-refractivity contribution is -0.136. The standard InChI is InChI=1S/C25H30Cl3N3O4S/c1-29-9-11-30(12-10-29)24(32)16-25(18-35-22-5-3-19(26)4-6-22)7-2-8-31(17-25)36(33,34)23-14-20(27)13-21(28)15-23/h3-6,13-15H,2,7-12,16-18H2,1H3/t25-/m0/s1. The van der Waals surface area contributed by atoms with Gasteiger partial charge in [0.05, 0.1) is 11.5 Å². The quantitative estimate of drug-likeness (QED) is 0.481. The number of amides is 1. The summed E-state index contributed by atoms with van der Waals surface area (Å²) in [6, 6.07) is 11.3. The molecule has 2 aromatic carbocycles. The molecule has 2 aromatic rings. The number of carbonyl (C=O) groups is 1. The highest BCUT2D eigenvalue weighted by Gasteiger charge is 2.43. The number of hydrogen-bond donors (Lipinski definition) is 0. The molecule has 7 nitrogen and oxygen atoms in total. The predicted molar refractivity (Wildman–Crippen MR) is 143 cm³/mol. The van der Waals surface area contributed by atoms with Crippen LogP contribution in [0.25, 0.3) is 0 Å². The van der Waals surface area contributed by atoms with Crippen LogP contribution in [-0.4, -0.2) is 81.4 Å². The van der Waals surface area contributed by atoms with E-state index < -0.39 is 15.4 Å². The fourth-order valence-electron chi connectivity index (χ4n) is 4.76. The fraction of sp³-hybridized carbons (Fsp3) is 0.480. The number of rotatable bonds is 7. The Morgan fingerprint density at radius 2 is 1.58 bits per heavy atom. The zero-order valence-electron chi connectivity index (χ0n) is 20.1. The summed E-state index contributed by atoms with van der Waals surface area (Å²) in [5, 5.41) is 1.10. The first-order chi connectivity index (χ1) is 17.1. The molecule has 1 amide bonds. The van der Waals surface area contributed by atoms with Crippen molar-refractivity contribution in [1.82, 2.24) is 14.1 Å². The zero-order chi connectivity index (χ0) is 25.9. The second-order valence-corrected chi connectivity index (χ2v) is 12.9. The number of likely N-dealkylation sites (N-methyl/N-ethyl adjacent to an activating group) is 1. The molecule has 0 aromatic heterocycles. The van der Waals surface area contributed by atoms with E-state index in [4.69, 9.17) is 39.5 Å². The number of nitrogens with zero attached hydrogens (tertiary/aromatic N) is 3. The second kappa shape index (κ2) is 11.5. The number of ether oxygens (including phenoxy) is 1. The Bertz CT molecular complexity index is 1170. The minimum Gasteiger partial charge on any atom is -0.493 e. The topological polar surface area (TPSA) is 70.2 Å². The fourth-order valence-corrected chi connectivity index (χ4v) is 7.21. The van der Waals surface area contributed by atoms with E-state index in [-0.39, 0.29) is 40.4 Å². The number of sulfonamides is 1. The highest BCUT2D eigenvalue weighted by atomic mass is 35.5. The van der Waals surface area contributed by atoms with E-state index in [9.17, 15) is 13.2 Å². The third-order valence-electron chi connectivity index (χ3n) is 6.84. The van der Waals surface area contributed by atoms with Crippen LogP contribution >= 0.6 is 34.8 Å². The molecule has 0 saturated carbocycles. The molecule has 196 valence electrons. The van der Waals surface area contributed by atoms with Crippen molar-refractivity contribution in [3.05, 3.63) is 57.5 Å². The van der Waals surface area contributed by atoms with Crippen LogP contribution in [0.2, 0.25) is 15.1 Å². The molecule has 1 atom stereocenters. The van der Waals surface area contributed by atoms with Gasteiger partial charge in [-0.1, -0.05) is 34.8 Å². The van der Waals surface area contributed by atoms with Crippen LogP contribution in [0.1, 0.15) is 19.3 Å². The first-order valence-electron chi connectivity index (χ1n) is 11.9. The molecule has 0 spiro atoms.